The summed E-state index contributed by atoms with van der Waals surface area (Å²) in [5, 5.41) is 0. The van der Waals surface area contributed by atoms with E-state index in [-0.39, 0.29) is 0 Å². The second-order valence-electron chi connectivity index (χ2n) is 4.16. The molecule has 3 N–H and O–H groups in total. The number of hydrogen-bond donors (Lipinski definition) is 2. The monoisotopic (exact) mass is 247 g/mol. The molecule has 0 aliphatic carbocycles. The fourth-order valence-corrected chi connectivity index (χ4v) is 1.73. The van der Waals surface area contributed by atoms with Crippen molar-refractivity contribution >= 4 is 11.6 Å². The van der Waals surface area contributed by atoms with Gasteiger partial charge in [-0.25, -0.2) is 15.8 Å². The van der Waals surface area contributed by atoms with E-state index in [4.69, 9.17) is 10.3 Å². The molecule has 6 nitrogen and oxygen atoms in total. The van der Waals surface area contributed by atoms with E-state index in [9.17, 15) is 0 Å². The van der Waals surface area contributed by atoms with E-state index in [1.165, 1.54) is 0 Å². The van der Waals surface area contributed by atoms with Crippen LogP contribution in [0.5, 0.6) is 0 Å². The molecule has 6 heteroatoms. The van der Waals surface area contributed by atoms with Gasteiger partial charge in [0.05, 0.1) is 6.26 Å². The normalized spacial score (nSPS) is 10.4. The first kappa shape index (κ1) is 12.4. The Morgan fingerprint density at radius 2 is 2.17 bits per heavy atom. The highest BCUT2D eigenvalue weighted by molar-refractivity contribution is 5.48. The van der Waals surface area contributed by atoms with Crippen molar-refractivity contribution in [2.75, 3.05) is 17.4 Å². The van der Waals surface area contributed by atoms with Crippen LogP contribution in [0.25, 0.3) is 0 Å². The SMILES string of the molecule is Cc1nc(NN)cc(N(C)Cc2ccoc2C)n1. The number of hydrazine groups is 1. The van der Waals surface area contributed by atoms with Crippen molar-refractivity contribution in [1.29, 1.82) is 0 Å². The van der Waals surface area contributed by atoms with Gasteiger partial charge in [-0.05, 0) is 19.9 Å². The van der Waals surface area contributed by atoms with Crippen LogP contribution in [0.1, 0.15) is 17.1 Å². The van der Waals surface area contributed by atoms with E-state index in [2.05, 4.69) is 15.4 Å². The van der Waals surface area contributed by atoms with Crippen LogP contribution in [0, 0.1) is 13.8 Å². The molecule has 2 aromatic heterocycles. The smallest absolute Gasteiger partial charge is 0.145 e. The van der Waals surface area contributed by atoms with Crippen molar-refractivity contribution in [1.82, 2.24) is 9.97 Å². The van der Waals surface area contributed by atoms with E-state index < -0.39 is 0 Å². The van der Waals surface area contributed by atoms with Gasteiger partial charge in [-0.3, -0.25) is 0 Å². The molecule has 18 heavy (non-hydrogen) atoms. The van der Waals surface area contributed by atoms with Crippen molar-refractivity contribution in [3.05, 3.63) is 35.5 Å². The summed E-state index contributed by atoms with van der Waals surface area (Å²) in [5.41, 5.74) is 3.67. The number of aromatic nitrogens is 2. The molecule has 2 aromatic rings. The molecule has 0 aliphatic heterocycles. The Morgan fingerprint density at radius 3 is 2.78 bits per heavy atom. The first-order chi connectivity index (χ1) is 8.60. The predicted octanol–water partition coefficient (Wildman–Crippen LogP) is 1.61. The number of nitrogens with one attached hydrogen (secondary N) is 1. The summed E-state index contributed by atoms with van der Waals surface area (Å²) in [6, 6.07) is 3.77. The lowest BCUT2D eigenvalue weighted by molar-refractivity contribution is 0.529. The van der Waals surface area contributed by atoms with Crippen LogP contribution in [0.15, 0.2) is 22.8 Å². The topological polar surface area (TPSA) is 80.2 Å². The zero-order valence-corrected chi connectivity index (χ0v) is 10.8. The minimum Gasteiger partial charge on any atom is -0.469 e. The van der Waals surface area contributed by atoms with E-state index in [1.807, 2.05) is 37.9 Å². The number of anilines is 2. The molecule has 0 aromatic carbocycles. The van der Waals surface area contributed by atoms with Crippen molar-refractivity contribution < 1.29 is 4.42 Å². The molecule has 0 unspecified atom stereocenters. The molecule has 0 saturated heterocycles. The number of rotatable bonds is 4. The van der Waals surface area contributed by atoms with Gasteiger partial charge in [-0.2, -0.15) is 0 Å². The zero-order valence-electron chi connectivity index (χ0n) is 10.8. The van der Waals surface area contributed by atoms with Crippen LogP contribution in [0.2, 0.25) is 0 Å². The molecule has 0 spiro atoms. The van der Waals surface area contributed by atoms with Gasteiger partial charge >= 0.3 is 0 Å². The molecule has 96 valence electrons. The van der Waals surface area contributed by atoms with Gasteiger partial charge in [-0.1, -0.05) is 0 Å². The average Bonchev–Trinajstić information content (AvgIpc) is 2.74. The van der Waals surface area contributed by atoms with Crippen LogP contribution < -0.4 is 16.2 Å². The van der Waals surface area contributed by atoms with Crippen LogP contribution in [0.3, 0.4) is 0 Å². The average molecular weight is 247 g/mol. The van der Waals surface area contributed by atoms with E-state index in [0.717, 1.165) is 23.7 Å². The Kier molecular flexibility index (Phi) is 3.47. The molecule has 0 bridgehead atoms. The standard InChI is InChI=1S/C12H17N5O/c1-8-10(4-5-18-8)7-17(3)12-6-11(16-13)14-9(2)15-12/h4-6H,7,13H2,1-3H3,(H,14,15,16). The van der Waals surface area contributed by atoms with Crippen molar-refractivity contribution in [3.8, 4) is 0 Å². The maximum Gasteiger partial charge on any atom is 0.145 e. The number of nitrogens with zero attached hydrogens (tertiary/aromatic N) is 3. The number of nitrogens with two attached hydrogens (primary N) is 1. The van der Waals surface area contributed by atoms with E-state index in [1.54, 1.807) is 6.26 Å². The summed E-state index contributed by atoms with van der Waals surface area (Å²) in [6.45, 7) is 4.51. The Labute approximate surface area is 106 Å². The quantitative estimate of drug-likeness (QED) is 0.631. The number of nitrogen functional groups attached to an aromatic ring is 1. The summed E-state index contributed by atoms with van der Waals surface area (Å²) in [6.07, 6.45) is 1.69. The number of furan rings is 1. The van der Waals surface area contributed by atoms with Crippen LogP contribution >= 0.6 is 0 Å². The largest absolute Gasteiger partial charge is 0.469 e. The summed E-state index contributed by atoms with van der Waals surface area (Å²) in [5.74, 6) is 8.39. The molecule has 0 saturated carbocycles. The Hall–Kier alpha value is -2.08. The third kappa shape index (κ3) is 2.60. The summed E-state index contributed by atoms with van der Waals surface area (Å²) < 4.78 is 5.28. The highest BCUT2D eigenvalue weighted by atomic mass is 16.3. The second-order valence-corrected chi connectivity index (χ2v) is 4.16. The highest BCUT2D eigenvalue weighted by Gasteiger charge is 2.09. The molecule has 0 atom stereocenters. The van der Waals surface area contributed by atoms with Crippen molar-refractivity contribution in [2.24, 2.45) is 5.84 Å². The fourth-order valence-electron chi connectivity index (χ4n) is 1.73. The Bertz CT molecular complexity index is 537. The summed E-state index contributed by atoms with van der Waals surface area (Å²) >= 11 is 0. The molecule has 2 rings (SSSR count). The third-order valence-corrected chi connectivity index (χ3v) is 2.74. The Morgan fingerprint density at radius 1 is 1.39 bits per heavy atom. The first-order valence-corrected chi connectivity index (χ1v) is 5.66. The molecular weight excluding hydrogens is 230 g/mol. The molecule has 0 aliphatic rings. The van der Waals surface area contributed by atoms with Gasteiger partial charge in [-0.15, -0.1) is 0 Å². The highest BCUT2D eigenvalue weighted by Crippen LogP contribution is 2.18. The number of hydrogen-bond acceptors (Lipinski definition) is 6. The van der Waals surface area contributed by atoms with Gasteiger partial charge in [0, 0.05) is 25.2 Å². The van der Waals surface area contributed by atoms with Gasteiger partial charge in [0.15, 0.2) is 0 Å². The van der Waals surface area contributed by atoms with Crippen LogP contribution in [-0.2, 0) is 6.54 Å². The maximum atomic E-state index is 5.37. The van der Waals surface area contributed by atoms with E-state index >= 15 is 0 Å². The van der Waals surface area contributed by atoms with Crippen molar-refractivity contribution in [2.45, 2.75) is 20.4 Å². The minimum atomic E-state index is 0.605. The molecule has 2 heterocycles. The molecule has 0 radical (unpaired) electrons. The summed E-state index contributed by atoms with van der Waals surface area (Å²) in [7, 11) is 1.97. The third-order valence-electron chi connectivity index (χ3n) is 2.74. The second kappa shape index (κ2) is 5.05. The maximum absolute atomic E-state index is 5.37. The summed E-state index contributed by atoms with van der Waals surface area (Å²) in [4.78, 5) is 10.6. The lowest BCUT2D eigenvalue weighted by Crippen LogP contribution is -2.19. The van der Waals surface area contributed by atoms with Gasteiger partial charge in [0.1, 0.15) is 23.2 Å². The number of aryl methyl sites for hydroxylation is 2. The van der Waals surface area contributed by atoms with Gasteiger partial charge in [0.2, 0.25) is 0 Å². The fraction of sp³-hybridized carbons (Fsp3) is 0.333. The van der Waals surface area contributed by atoms with E-state index in [0.29, 0.717) is 11.6 Å². The Balaban J connectivity index is 2.20. The van der Waals surface area contributed by atoms with Gasteiger partial charge < -0.3 is 14.7 Å². The lowest BCUT2D eigenvalue weighted by atomic mass is 10.2. The first-order valence-electron chi connectivity index (χ1n) is 5.66. The zero-order chi connectivity index (χ0) is 13.1. The minimum absolute atomic E-state index is 0.605. The predicted molar refractivity (Wildman–Crippen MR) is 70.1 cm³/mol. The van der Waals surface area contributed by atoms with Crippen molar-refractivity contribution in [3.63, 3.8) is 0 Å². The van der Waals surface area contributed by atoms with Crippen LogP contribution in [-0.4, -0.2) is 17.0 Å². The van der Waals surface area contributed by atoms with Crippen LogP contribution in [0.4, 0.5) is 11.6 Å². The molecular formula is C12H17N5O. The molecule has 0 amide bonds. The van der Waals surface area contributed by atoms with Gasteiger partial charge in [0.25, 0.3) is 0 Å². The lowest BCUT2D eigenvalue weighted by Gasteiger charge is -2.18. The molecule has 0 fully saturated rings.